The number of nitrogens with zero attached hydrogens (tertiary/aromatic N) is 4. The molecule has 3 heterocycles. The second kappa shape index (κ2) is 9.61. The molecule has 1 amide bonds. The predicted molar refractivity (Wildman–Crippen MR) is 128 cm³/mol. The number of carbonyl (C=O) groups excluding carboxylic acids is 1. The van der Waals surface area contributed by atoms with Gasteiger partial charge in [0.25, 0.3) is 5.91 Å². The molecule has 1 saturated heterocycles. The van der Waals surface area contributed by atoms with E-state index in [4.69, 9.17) is 0 Å². The topological polar surface area (TPSA) is 78.8 Å². The summed E-state index contributed by atoms with van der Waals surface area (Å²) in [6.07, 6.45) is 9.61. The van der Waals surface area contributed by atoms with Gasteiger partial charge in [0.05, 0.1) is 23.5 Å². The van der Waals surface area contributed by atoms with Crippen molar-refractivity contribution in [2.45, 2.75) is 84.2 Å². The van der Waals surface area contributed by atoms with Gasteiger partial charge in [-0.1, -0.05) is 37.8 Å². The summed E-state index contributed by atoms with van der Waals surface area (Å²) in [6.45, 7) is 14.0. The second-order valence-electron chi connectivity index (χ2n) is 9.96. The Balaban J connectivity index is 1.51. The van der Waals surface area contributed by atoms with Crippen LogP contribution in [0.5, 0.6) is 0 Å². The van der Waals surface area contributed by atoms with E-state index in [1.165, 1.54) is 38.5 Å². The van der Waals surface area contributed by atoms with Gasteiger partial charge in [-0.3, -0.25) is 14.6 Å². The van der Waals surface area contributed by atoms with Crippen LogP contribution in [0, 0.1) is 13.8 Å². The Kier molecular flexibility index (Phi) is 6.84. The average molecular weight is 439 g/mol. The van der Waals surface area contributed by atoms with Crippen molar-refractivity contribution in [1.29, 1.82) is 0 Å². The molecule has 0 radical (unpaired) electrons. The van der Waals surface area contributed by atoms with Gasteiger partial charge in [0, 0.05) is 17.8 Å². The maximum atomic E-state index is 13.3. The van der Waals surface area contributed by atoms with Crippen molar-refractivity contribution in [3.63, 3.8) is 0 Å². The number of piperidine rings is 1. The first kappa shape index (κ1) is 22.8. The van der Waals surface area contributed by atoms with Crippen LogP contribution in [0.4, 0.5) is 0 Å². The third kappa shape index (κ3) is 4.98. The largest absolute Gasteiger partial charge is 0.344 e. The highest BCUT2D eigenvalue weighted by Gasteiger charge is 2.36. The summed E-state index contributed by atoms with van der Waals surface area (Å²) in [5.41, 5.74) is 5.16. The predicted octanol–water partition coefficient (Wildman–Crippen LogP) is 4.38. The van der Waals surface area contributed by atoms with E-state index in [0.717, 1.165) is 60.7 Å². The summed E-state index contributed by atoms with van der Waals surface area (Å²) in [5, 5.41) is 15.6. The lowest BCUT2D eigenvalue weighted by molar-refractivity contribution is 0.0778. The maximum Gasteiger partial charge on any atom is 0.269 e. The molecule has 0 bridgehead atoms. The molecule has 2 aromatic heterocycles. The first-order chi connectivity index (χ1) is 15.4. The number of H-pyrrole nitrogens is 1. The van der Waals surface area contributed by atoms with E-state index in [-0.39, 0.29) is 11.4 Å². The van der Waals surface area contributed by atoms with E-state index in [0.29, 0.717) is 12.2 Å². The Morgan fingerprint density at radius 3 is 2.53 bits per heavy atom. The van der Waals surface area contributed by atoms with E-state index in [1.807, 2.05) is 31.5 Å². The highest BCUT2D eigenvalue weighted by Crippen LogP contribution is 2.31. The van der Waals surface area contributed by atoms with Crippen LogP contribution in [-0.2, 0) is 6.54 Å². The average Bonchev–Trinajstić information content (AvgIpc) is 3.33. The lowest BCUT2D eigenvalue weighted by Gasteiger charge is -2.42. The van der Waals surface area contributed by atoms with E-state index in [1.54, 1.807) is 0 Å². The number of amides is 1. The van der Waals surface area contributed by atoms with Gasteiger partial charge in [0.2, 0.25) is 0 Å². The normalized spacial score (nSPS) is 19.1. The van der Waals surface area contributed by atoms with Gasteiger partial charge in [-0.2, -0.15) is 10.2 Å². The van der Waals surface area contributed by atoms with Crippen LogP contribution >= 0.6 is 0 Å². The van der Waals surface area contributed by atoms with Crippen molar-refractivity contribution in [1.82, 2.24) is 30.2 Å². The zero-order chi connectivity index (χ0) is 22.7. The van der Waals surface area contributed by atoms with Gasteiger partial charge in [0.15, 0.2) is 0 Å². The number of hydrogen-bond donors (Lipinski definition) is 2. The molecule has 2 N–H and O–H groups in total. The second-order valence-corrected chi connectivity index (χ2v) is 9.96. The van der Waals surface area contributed by atoms with Crippen molar-refractivity contribution in [3.8, 4) is 11.3 Å². The third-order valence-corrected chi connectivity index (χ3v) is 7.04. The number of aryl methyl sites for hydroxylation is 1. The molecule has 1 aliphatic carbocycles. The molecule has 0 aromatic carbocycles. The summed E-state index contributed by atoms with van der Waals surface area (Å²) in [7, 11) is 0. The molecule has 32 heavy (non-hydrogen) atoms. The number of allylic oxidation sites excluding steroid dienone is 1. The lowest BCUT2D eigenvalue weighted by atomic mass is 9.80. The summed E-state index contributed by atoms with van der Waals surface area (Å²) < 4.78 is 1.96. The van der Waals surface area contributed by atoms with E-state index < -0.39 is 0 Å². The van der Waals surface area contributed by atoms with Gasteiger partial charge >= 0.3 is 0 Å². The monoisotopic (exact) mass is 438 g/mol. The highest BCUT2D eigenvalue weighted by molar-refractivity contribution is 5.94. The van der Waals surface area contributed by atoms with E-state index in [2.05, 4.69) is 32.1 Å². The van der Waals surface area contributed by atoms with Gasteiger partial charge in [-0.15, -0.1) is 0 Å². The minimum absolute atomic E-state index is 0.0488. The molecule has 7 nitrogen and oxygen atoms in total. The van der Waals surface area contributed by atoms with Crippen molar-refractivity contribution < 1.29 is 4.79 Å². The maximum absolute atomic E-state index is 13.3. The quantitative estimate of drug-likeness (QED) is 0.629. The molecule has 0 unspecified atom stereocenters. The number of nitrogens with one attached hydrogen (secondary N) is 2. The Hall–Kier alpha value is -2.41. The molecule has 7 heteroatoms. The van der Waals surface area contributed by atoms with Crippen LogP contribution in [0.1, 0.15) is 80.2 Å². The van der Waals surface area contributed by atoms with Gasteiger partial charge < -0.3 is 10.2 Å². The molecular weight excluding hydrogens is 400 g/mol. The molecule has 2 fully saturated rings. The van der Waals surface area contributed by atoms with Crippen LogP contribution in [-0.4, -0.2) is 56.0 Å². The van der Waals surface area contributed by atoms with Crippen LogP contribution < -0.4 is 5.32 Å². The summed E-state index contributed by atoms with van der Waals surface area (Å²) in [4.78, 5) is 15.8. The third-order valence-electron chi connectivity index (χ3n) is 7.04. The Morgan fingerprint density at radius 1 is 1.16 bits per heavy atom. The van der Waals surface area contributed by atoms with Gasteiger partial charge in [0.1, 0.15) is 5.69 Å². The molecular formula is C25H38N6O. The van der Waals surface area contributed by atoms with Crippen molar-refractivity contribution in [2.24, 2.45) is 0 Å². The Labute approximate surface area is 191 Å². The van der Waals surface area contributed by atoms with Gasteiger partial charge in [-0.05, 0) is 65.6 Å². The fraction of sp³-hybridized carbons (Fsp3) is 0.640. The Bertz CT molecular complexity index is 959. The Morgan fingerprint density at radius 2 is 1.84 bits per heavy atom. The van der Waals surface area contributed by atoms with Crippen molar-refractivity contribution in [2.75, 3.05) is 19.6 Å². The first-order valence-corrected chi connectivity index (χ1v) is 12.2. The minimum atomic E-state index is -0.129. The van der Waals surface area contributed by atoms with E-state index >= 15 is 0 Å². The van der Waals surface area contributed by atoms with Crippen LogP contribution in [0.25, 0.3) is 11.3 Å². The molecule has 2 aromatic rings. The molecule has 174 valence electrons. The van der Waals surface area contributed by atoms with Crippen LogP contribution in [0.2, 0.25) is 0 Å². The zero-order valence-electron chi connectivity index (χ0n) is 20.0. The molecule has 0 atom stereocenters. The molecule has 1 aliphatic heterocycles. The van der Waals surface area contributed by atoms with Crippen molar-refractivity contribution >= 4 is 5.91 Å². The SMILES string of the molecule is C=C(C)Cn1nc(C)c(-c2cc(C(=O)NC3(CN4CCCCC4)CCCCC3)[nH]n2)c1C. The van der Waals surface area contributed by atoms with Crippen molar-refractivity contribution in [3.05, 3.63) is 35.3 Å². The zero-order valence-corrected chi connectivity index (χ0v) is 20.0. The molecule has 4 rings (SSSR count). The fourth-order valence-corrected chi connectivity index (χ4v) is 5.45. The highest BCUT2D eigenvalue weighted by atomic mass is 16.2. The number of aromatic nitrogens is 4. The molecule has 0 spiro atoms. The van der Waals surface area contributed by atoms with Crippen LogP contribution in [0.3, 0.4) is 0 Å². The summed E-state index contributed by atoms with van der Waals surface area (Å²) in [5.74, 6) is -0.0488. The number of rotatable bonds is 7. The number of carbonyl (C=O) groups is 1. The lowest BCUT2D eigenvalue weighted by Crippen LogP contribution is -2.57. The summed E-state index contributed by atoms with van der Waals surface area (Å²) >= 11 is 0. The minimum Gasteiger partial charge on any atom is -0.344 e. The number of likely N-dealkylation sites (tertiary alicyclic amines) is 1. The summed E-state index contributed by atoms with van der Waals surface area (Å²) in [6, 6.07) is 1.87. The smallest absolute Gasteiger partial charge is 0.269 e. The number of aromatic amines is 1. The standard InChI is InChI=1S/C25H38N6O/c1-18(2)16-31-20(4)23(19(3)29-31)21-15-22(28-27-21)24(32)26-25(11-7-5-8-12-25)17-30-13-9-6-10-14-30/h15H,1,5-14,16-17H2,2-4H3,(H,26,32)(H,27,28). The fourth-order valence-electron chi connectivity index (χ4n) is 5.45. The number of hydrogen-bond acceptors (Lipinski definition) is 4. The molecule has 2 aliphatic rings. The first-order valence-electron chi connectivity index (χ1n) is 12.2. The van der Waals surface area contributed by atoms with Crippen LogP contribution in [0.15, 0.2) is 18.2 Å². The van der Waals surface area contributed by atoms with Gasteiger partial charge in [-0.25, -0.2) is 0 Å². The van der Waals surface area contributed by atoms with E-state index in [9.17, 15) is 4.79 Å². The molecule has 1 saturated carbocycles.